The van der Waals surface area contributed by atoms with Gasteiger partial charge in [-0.25, -0.2) is 0 Å². The van der Waals surface area contributed by atoms with Crippen molar-refractivity contribution >= 4 is 5.91 Å². The van der Waals surface area contributed by atoms with Crippen molar-refractivity contribution in [3.05, 3.63) is 48.0 Å². The number of aromatic nitrogens is 3. The first-order valence-electron chi connectivity index (χ1n) is 6.14. The summed E-state index contributed by atoms with van der Waals surface area (Å²) in [6, 6.07) is 5.28. The second-order valence-corrected chi connectivity index (χ2v) is 4.34. The van der Waals surface area contributed by atoms with Gasteiger partial charge in [0, 0.05) is 18.4 Å². The minimum Gasteiger partial charge on any atom is -0.366 e. The summed E-state index contributed by atoms with van der Waals surface area (Å²) in [5, 5.41) is 4.18. The van der Waals surface area contributed by atoms with Gasteiger partial charge in [-0.15, -0.1) is 0 Å². The van der Waals surface area contributed by atoms with Crippen LogP contribution in [0.25, 0.3) is 0 Å². The summed E-state index contributed by atoms with van der Waals surface area (Å²) in [6.07, 6.45) is 5.54. The van der Waals surface area contributed by atoms with Gasteiger partial charge in [0.2, 0.25) is 0 Å². The molecule has 100 valence electrons. The Labute approximate surface area is 111 Å². The monoisotopic (exact) mass is 259 g/mol. The topological polar surface area (TPSA) is 99.8 Å². The lowest BCUT2D eigenvalue weighted by Gasteiger charge is -2.22. The third kappa shape index (κ3) is 2.79. The van der Waals surface area contributed by atoms with Crippen LogP contribution in [0.2, 0.25) is 0 Å². The molecule has 4 N–H and O–H groups in total. The van der Waals surface area contributed by atoms with Crippen molar-refractivity contribution in [3.63, 3.8) is 0 Å². The van der Waals surface area contributed by atoms with Crippen molar-refractivity contribution < 1.29 is 4.79 Å². The van der Waals surface area contributed by atoms with Gasteiger partial charge in [-0.2, -0.15) is 5.10 Å². The first-order valence-corrected chi connectivity index (χ1v) is 6.14. The molecule has 1 amide bonds. The Morgan fingerprint density at radius 1 is 1.47 bits per heavy atom. The van der Waals surface area contributed by atoms with E-state index < -0.39 is 5.91 Å². The molecule has 0 bridgehead atoms. The van der Waals surface area contributed by atoms with E-state index in [-0.39, 0.29) is 12.1 Å². The molecule has 0 fully saturated rings. The third-order valence-electron chi connectivity index (χ3n) is 3.04. The fourth-order valence-corrected chi connectivity index (χ4v) is 1.94. The quantitative estimate of drug-likeness (QED) is 0.825. The smallest absolute Gasteiger partial charge is 0.251 e. The minimum absolute atomic E-state index is 0.143. The highest BCUT2D eigenvalue weighted by Gasteiger charge is 2.23. The number of nitrogens with zero attached hydrogens (tertiary/aromatic N) is 3. The summed E-state index contributed by atoms with van der Waals surface area (Å²) < 4.78 is 1.65. The maximum atomic E-state index is 11.1. The molecule has 2 atom stereocenters. The van der Waals surface area contributed by atoms with Crippen molar-refractivity contribution in [1.82, 2.24) is 14.8 Å². The molecule has 2 unspecified atom stereocenters. The van der Waals surface area contributed by atoms with E-state index in [1.165, 1.54) is 6.20 Å². The fraction of sp³-hybridized carbons (Fsp3) is 0.308. The molecule has 19 heavy (non-hydrogen) atoms. The van der Waals surface area contributed by atoms with Crippen LogP contribution in [0.4, 0.5) is 0 Å². The van der Waals surface area contributed by atoms with Gasteiger partial charge in [-0.3, -0.25) is 14.5 Å². The molecule has 0 spiro atoms. The molecule has 6 nitrogen and oxygen atoms in total. The highest BCUT2D eigenvalue weighted by molar-refractivity contribution is 5.92. The lowest BCUT2D eigenvalue weighted by molar-refractivity contribution is 0.1000. The number of amides is 1. The molecule has 0 aliphatic carbocycles. The molecule has 2 heterocycles. The Morgan fingerprint density at radius 2 is 2.26 bits per heavy atom. The standard InChI is InChI=1S/C13H17N5O/c1-2-10(14)12(11-5-3-4-6-16-11)18-8-9(7-17-18)13(15)19/h3-8,10,12H,2,14H2,1H3,(H2,15,19). The summed E-state index contributed by atoms with van der Waals surface area (Å²) in [5.41, 5.74) is 12.6. The van der Waals surface area contributed by atoms with E-state index in [1.807, 2.05) is 25.1 Å². The van der Waals surface area contributed by atoms with Gasteiger partial charge < -0.3 is 11.5 Å². The lowest BCUT2D eigenvalue weighted by Crippen LogP contribution is -2.33. The van der Waals surface area contributed by atoms with Crippen LogP contribution in [0.3, 0.4) is 0 Å². The molecule has 2 aromatic rings. The predicted molar refractivity (Wildman–Crippen MR) is 71.4 cm³/mol. The van der Waals surface area contributed by atoms with E-state index in [0.29, 0.717) is 5.56 Å². The summed E-state index contributed by atoms with van der Waals surface area (Å²) in [4.78, 5) is 15.5. The molecule has 0 saturated heterocycles. The van der Waals surface area contributed by atoms with Gasteiger partial charge in [0.1, 0.15) is 6.04 Å². The molecule has 2 rings (SSSR count). The van der Waals surface area contributed by atoms with Gasteiger partial charge in [0.15, 0.2) is 0 Å². The summed E-state index contributed by atoms with van der Waals surface area (Å²) in [6.45, 7) is 2.00. The number of primary amides is 1. The molecule has 0 aliphatic rings. The average molecular weight is 259 g/mol. The molecule has 0 aromatic carbocycles. The largest absolute Gasteiger partial charge is 0.366 e. The van der Waals surface area contributed by atoms with Gasteiger partial charge in [-0.05, 0) is 18.6 Å². The highest BCUT2D eigenvalue weighted by atomic mass is 16.1. The summed E-state index contributed by atoms with van der Waals surface area (Å²) in [5.74, 6) is -0.504. The van der Waals surface area contributed by atoms with E-state index in [1.54, 1.807) is 17.1 Å². The van der Waals surface area contributed by atoms with Crippen LogP contribution in [0, 0.1) is 0 Å². The first-order chi connectivity index (χ1) is 9.13. The number of nitrogens with two attached hydrogens (primary N) is 2. The molecule has 0 saturated carbocycles. The van der Waals surface area contributed by atoms with Crippen molar-refractivity contribution in [2.24, 2.45) is 11.5 Å². The zero-order valence-corrected chi connectivity index (χ0v) is 10.7. The maximum absolute atomic E-state index is 11.1. The Morgan fingerprint density at radius 3 is 2.79 bits per heavy atom. The van der Waals surface area contributed by atoms with Crippen LogP contribution in [-0.4, -0.2) is 26.7 Å². The van der Waals surface area contributed by atoms with E-state index in [2.05, 4.69) is 10.1 Å². The van der Waals surface area contributed by atoms with E-state index >= 15 is 0 Å². The van der Waals surface area contributed by atoms with Crippen LogP contribution in [-0.2, 0) is 0 Å². The van der Waals surface area contributed by atoms with Crippen LogP contribution < -0.4 is 11.5 Å². The normalized spacial score (nSPS) is 14.0. The van der Waals surface area contributed by atoms with Crippen LogP contribution >= 0.6 is 0 Å². The van der Waals surface area contributed by atoms with Crippen molar-refractivity contribution in [3.8, 4) is 0 Å². The molecule has 2 aromatic heterocycles. The predicted octanol–water partition coefficient (Wildman–Crippen LogP) is 0.704. The average Bonchev–Trinajstić information content (AvgIpc) is 2.89. The number of rotatable bonds is 5. The maximum Gasteiger partial charge on any atom is 0.251 e. The molecule has 0 radical (unpaired) electrons. The minimum atomic E-state index is -0.504. The van der Waals surface area contributed by atoms with Crippen molar-refractivity contribution in [2.45, 2.75) is 25.4 Å². The van der Waals surface area contributed by atoms with Gasteiger partial charge in [0.25, 0.3) is 5.91 Å². The van der Waals surface area contributed by atoms with E-state index in [0.717, 1.165) is 12.1 Å². The summed E-state index contributed by atoms with van der Waals surface area (Å²) >= 11 is 0. The van der Waals surface area contributed by atoms with Gasteiger partial charge >= 0.3 is 0 Å². The number of carbonyl (C=O) groups excluding carboxylic acids is 1. The highest BCUT2D eigenvalue weighted by Crippen LogP contribution is 2.20. The van der Waals surface area contributed by atoms with Crippen LogP contribution in [0.1, 0.15) is 35.4 Å². The Hall–Kier alpha value is -2.21. The zero-order valence-electron chi connectivity index (χ0n) is 10.7. The van der Waals surface area contributed by atoms with Crippen molar-refractivity contribution in [1.29, 1.82) is 0 Å². The fourth-order valence-electron chi connectivity index (χ4n) is 1.94. The van der Waals surface area contributed by atoms with E-state index in [9.17, 15) is 4.79 Å². The number of hydrogen-bond acceptors (Lipinski definition) is 4. The molecular weight excluding hydrogens is 242 g/mol. The Balaban J connectivity index is 2.40. The Bertz CT molecular complexity index is 551. The molecular formula is C13H17N5O. The SMILES string of the molecule is CCC(N)C(c1ccccn1)n1cc(C(N)=O)cn1. The van der Waals surface area contributed by atoms with Crippen LogP contribution in [0.15, 0.2) is 36.8 Å². The van der Waals surface area contributed by atoms with E-state index in [4.69, 9.17) is 11.5 Å². The molecule has 6 heteroatoms. The third-order valence-corrected chi connectivity index (χ3v) is 3.04. The summed E-state index contributed by atoms with van der Waals surface area (Å²) in [7, 11) is 0. The first kappa shape index (κ1) is 13.2. The second kappa shape index (κ2) is 5.62. The zero-order chi connectivity index (χ0) is 13.8. The Kier molecular flexibility index (Phi) is 3.91. The number of carbonyl (C=O) groups is 1. The van der Waals surface area contributed by atoms with Crippen LogP contribution in [0.5, 0.6) is 0 Å². The lowest BCUT2D eigenvalue weighted by atomic mass is 10.0. The molecule has 0 aliphatic heterocycles. The van der Waals surface area contributed by atoms with Gasteiger partial charge in [0.05, 0.1) is 17.5 Å². The number of hydrogen-bond donors (Lipinski definition) is 2. The second-order valence-electron chi connectivity index (χ2n) is 4.34. The van der Waals surface area contributed by atoms with Gasteiger partial charge in [-0.1, -0.05) is 13.0 Å². The van der Waals surface area contributed by atoms with Crippen molar-refractivity contribution in [2.75, 3.05) is 0 Å². The number of pyridine rings is 1.